The number of nitrogens with zero attached hydrogens (tertiary/aromatic N) is 4. The monoisotopic (exact) mass is 250 g/mol. The Labute approximate surface area is 104 Å². The van der Waals surface area contributed by atoms with Gasteiger partial charge < -0.3 is 0 Å². The van der Waals surface area contributed by atoms with Crippen LogP contribution in [0.1, 0.15) is 31.0 Å². The minimum Gasteiger partial charge on any atom is -0.272 e. The molecule has 6 heteroatoms. The number of rotatable bonds is 1. The first-order chi connectivity index (χ1) is 8.15. The molecule has 0 saturated carbocycles. The Kier molecular flexibility index (Phi) is 2.36. The highest BCUT2D eigenvalue weighted by Gasteiger charge is 2.29. The Hall–Kier alpha value is -1.49. The van der Waals surface area contributed by atoms with E-state index in [9.17, 15) is 4.79 Å². The van der Waals surface area contributed by atoms with Crippen LogP contribution in [0, 0.1) is 0 Å². The molecule has 0 N–H and O–H groups in total. The van der Waals surface area contributed by atoms with E-state index in [0.717, 1.165) is 36.2 Å². The van der Waals surface area contributed by atoms with Gasteiger partial charge in [-0.15, -0.1) is 0 Å². The molecule has 0 unspecified atom stereocenters. The van der Waals surface area contributed by atoms with Gasteiger partial charge in [0, 0.05) is 11.3 Å². The van der Waals surface area contributed by atoms with E-state index in [4.69, 9.17) is 11.6 Å². The second-order valence-electron chi connectivity index (χ2n) is 4.31. The molecule has 0 spiro atoms. The standard InChI is InChI=1S/C11H11ClN4O/c1-6-5-9(17)16(15-6)10-7-3-2-4-8(7)13-11(12)14-10/h2-5H2,1H3. The molecule has 1 aliphatic heterocycles. The van der Waals surface area contributed by atoms with E-state index in [1.165, 1.54) is 5.01 Å². The third kappa shape index (κ3) is 1.70. The Morgan fingerprint density at radius 1 is 1.29 bits per heavy atom. The lowest BCUT2D eigenvalue weighted by atomic mass is 10.2. The number of carbonyl (C=O) groups is 1. The topological polar surface area (TPSA) is 58.5 Å². The molecule has 2 heterocycles. The molecule has 17 heavy (non-hydrogen) atoms. The van der Waals surface area contributed by atoms with E-state index in [1.807, 2.05) is 6.92 Å². The van der Waals surface area contributed by atoms with Crippen molar-refractivity contribution in [1.29, 1.82) is 0 Å². The second-order valence-corrected chi connectivity index (χ2v) is 4.65. The highest BCUT2D eigenvalue weighted by molar-refractivity contribution is 6.28. The van der Waals surface area contributed by atoms with Gasteiger partial charge in [0.15, 0.2) is 5.82 Å². The number of aromatic nitrogens is 2. The number of amides is 1. The molecule has 1 aromatic heterocycles. The number of hydrogen-bond donors (Lipinski definition) is 0. The Morgan fingerprint density at radius 2 is 2.12 bits per heavy atom. The molecular weight excluding hydrogens is 240 g/mol. The summed E-state index contributed by atoms with van der Waals surface area (Å²) in [6, 6.07) is 0. The lowest BCUT2D eigenvalue weighted by molar-refractivity contribution is -0.116. The number of anilines is 1. The highest BCUT2D eigenvalue weighted by atomic mass is 35.5. The van der Waals surface area contributed by atoms with Crippen molar-refractivity contribution < 1.29 is 4.79 Å². The summed E-state index contributed by atoms with van der Waals surface area (Å²) < 4.78 is 0. The molecule has 0 atom stereocenters. The molecule has 1 amide bonds. The van der Waals surface area contributed by atoms with Crippen molar-refractivity contribution in [2.24, 2.45) is 5.10 Å². The van der Waals surface area contributed by atoms with E-state index < -0.39 is 0 Å². The van der Waals surface area contributed by atoms with Crippen LogP contribution < -0.4 is 5.01 Å². The van der Waals surface area contributed by atoms with Crippen molar-refractivity contribution in [2.75, 3.05) is 5.01 Å². The lowest BCUT2D eigenvalue weighted by Crippen LogP contribution is -2.22. The first-order valence-corrected chi connectivity index (χ1v) is 5.95. The molecular formula is C11H11ClN4O. The van der Waals surface area contributed by atoms with Gasteiger partial charge in [-0.2, -0.15) is 15.1 Å². The molecule has 1 aromatic rings. The summed E-state index contributed by atoms with van der Waals surface area (Å²) in [6.07, 6.45) is 3.17. The van der Waals surface area contributed by atoms with Crippen LogP contribution in [-0.2, 0) is 17.6 Å². The zero-order valence-electron chi connectivity index (χ0n) is 9.40. The molecule has 2 aliphatic rings. The van der Waals surface area contributed by atoms with Gasteiger partial charge in [-0.3, -0.25) is 4.79 Å². The van der Waals surface area contributed by atoms with E-state index in [0.29, 0.717) is 12.2 Å². The van der Waals surface area contributed by atoms with Crippen molar-refractivity contribution in [3.8, 4) is 0 Å². The predicted molar refractivity (Wildman–Crippen MR) is 64.3 cm³/mol. The van der Waals surface area contributed by atoms with Crippen LogP contribution in [0.2, 0.25) is 5.28 Å². The normalized spacial score (nSPS) is 18.6. The molecule has 88 valence electrons. The number of halogens is 1. The van der Waals surface area contributed by atoms with Crippen LogP contribution in [0.15, 0.2) is 5.10 Å². The number of carbonyl (C=O) groups excluding carboxylic acids is 1. The third-order valence-corrected chi connectivity index (χ3v) is 3.17. The van der Waals surface area contributed by atoms with Gasteiger partial charge in [0.25, 0.3) is 5.91 Å². The minimum absolute atomic E-state index is 0.0497. The molecule has 0 bridgehead atoms. The zero-order valence-corrected chi connectivity index (χ0v) is 10.2. The third-order valence-electron chi connectivity index (χ3n) is 3.00. The number of aryl methyl sites for hydroxylation is 1. The number of hydrogen-bond acceptors (Lipinski definition) is 4. The van der Waals surface area contributed by atoms with Crippen LogP contribution >= 0.6 is 11.6 Å². The van der Waals surface area contributed by atoms with Crippen LogP contribution in [0.5, 0.6) is 0 Å². The van der Waals surface area contributed by atoms with Gasteiger partial charge in [-0.1, -0.05) is 0 Å². The van der Waals surface area contributed by atoms with E-state index in [-0.39, 0.29) is 11.2 Å². The first kappa shape index (κ1) is 10.7. The molecule has 0 radical (unpaired) electrons. The Morgan fingerprint density at radius 3 is 2.82 bits per heavy atom. The van der Waals surface area contributed by atoms with Crippen molar-refractivity contribution in [3.05, 3.63) is 16.5 Å². The molecule has 3 rings (SSSR count). The fraction of sp³-hybridized carbons (Fsp3) is 0.455. The van der Waals surface area contributed by atoms with Crippen LogP contribution in [0.3, 0.4) is 0 Å². The molecule has 1 aliphatic carbocycles. The summed E-state index contributed by atoms with van der Waals surface area (Å²) in [5.74, 6) is 0.519. The first-order valence-electron chi connectivity index (χ1n) is 5.57. The van der Waals surface area contributed by atoms with Gasteiger partial charge in [0.2, 0.25) is 5.28 Å². The van der Waals surface area contributed by atoms with Crippen molar-refractivity contribution in [3.63, 3.8) is 0 Å². The van der Waals surface area contributed by atoms with Gasteiger partial charge in [-0.05, 0) is 37.8 Å². The lowest BCUT2D eigenvalue weighted by Gasteiger charge is -2.14. The summed E-state index contributed by atoms with van der Waals surface area (Å²) in [4.78, 5) is 20.2. The summed E-state index contributed by atoms with van der Waals surface area (Å²) in [5, 5.41) is 5.77. The maximum atomic E-state index is 11.8. The summed E-state index contributed by atoms with van der Waals surface area (Å²) >= 11 is 5.88. The number of hydrazone groups is 1. The molecule has 5 nitrogen and oxygen atoms in total. The Bertz CT molecular complexity index is 541. The SMILES string of the molecule is CC1=NN(c2nc(Cl)nc3c2CCC3)C(=O)C1. The predicted octanol–water partition coefficient (Wildman–Crippen LogP) is 1.73. The average Bonchev–Trinajstić information content (AvgIpc) is 2.83. The van der Waals surface area contributed by atoms with Crippen molar-refractivity contribution in [1.82, 2.24) is 9.97 Å². The van der Waals surface area contributed by atoms with Crippen LogP contribution in [0.4, 0.5) is 5.82 Å². The maximum Gasteiger partial charge on any atom is 0.254 e. The number of fused-ring (bicyclic) bond motifs is 1. The quantitative estimate of drug-likeness (QED) is 0.714. The zero-order chi connectivity index (χ0) is 12.0. The van der Waals surface area contributed by atoms with Crippen LogP contribution in [-0.4, -0.2) is 21.6 Å². The average molecular weight is 251 g/mol. The van der Waals surface area contributed by atoms with Gasteiger partial charge >= 0.3 is 0 Å². The second kappa shape index (κ2) is 3.77. The van der Waals surface area contributed by atoms with E-state index >= 15 is 0 Å². The van der Waals surface area contributed by atoms with Gasteiger partial charge in [0.05, 0.1) is 12.1 Å². The Balaban J connectivity index is 2.12. The highest BCUT2D eigenvalue weighted by Crippen LogP contribution is 2.31. The fourth-order valence-electron chi connectivity index (χ4n) is 2.28. The minimum atomic E-state index is -0.0497. The van der Waals surface area contributed by atoms with Gasteiger partial charge in [0.1, 0.15) is 0 Å². The smallest absolute Gasteiger partial charge is 0.254 e. The summed E-state index contributed by atoms with van der Waals surface area (Å²) in [6.45, 7) is 1.83. The van der Waals surface area contributed by atoms with Crippen molar-refractivity contribution in [2.45, 2.75) is 32.6 Å². The molecule has 0 aromatic carbocycles. The van der Waals surface area contributed by atoms with Gasteiger partial charge in [-0.25, -0.2) is 4.98 Å². The van der Waals surface area contributed by atoms with E-state index in [1.54, 1.807) is 0 Å². The largest absolute Gasteiger partial charge is 0.272 e. The molecule has 0 fully saturated rings. The van der Waals surface area contributed by atoms with E-state index in [2.05, 4.69) is 15.1 Å². The fourth-order valence-corrected chi connectivity index (χ4v) is 2.46. The van der Waals surface area contributed by atoms with Crippen LogP contribution in [0.25, 0.3) is 0 Å². The van der Waals surface area contributed by atoms with Crippen molar-refractivity contribution >= 4 is 29.0 Å². The maximum absolute atomic E-state index is 11.8. The summed E-state index contributed by atoms with van der Waals surface area (Å²) in [7, 11) is 0. The summed E-state index contributed by atoms with van der Waals surface area (Å²) in [5.41, 5.74) is 2.77. The molecule has 0 saturated heterocycles.